The Labute approximate surface area is 108 Å². The Bertz CT molecular complexity index is 332. The second-order valence-corrected chi connectivity index (χ2v) is 5.35. The molecule has 1 aromatic heterocycles. The molecule has 17 heavy (non-hydrogen) atoms. The molecule has 0 saturated heterocycles. The van der Waals surface area contributed by atoms with Gasteiger partial charge in [0.2, 0.25) is 0 Å². The van der Waals surface area contributed by atoms with Crippen LogP contribution in [0.15, 0.2) is 5.16 Å². The van der Waals surface area contributed by atoms with Crippen LogP contribution in [0.2, 0.25) is 0 Å². The third kappa shape index (κ3) is 4.94. The molecule has 1 rings (SSSR count). The Morgan fingerprint density at radius 2 is 1.59 bits per heavy atom. The zero-order chi connectivity index (χ0) is 12.7. The fourth-order valence-electron chi connectivity index (χ4n) is 1.61. The van der Waals surface area contributed by atoms with E-state index in [1.165, 1.54) is 32.1 Å². The second-order valence-electron chi connectivity index (χ2n) is 4.29. The molecule has 0 fully saturated rings. The molecule has 0 aromatic carbocycles. The van der Waals surface area contributed by atoms with Crippen LogP contribution in [0.1, 0.15) is 50.4 Å². The van der Waals surface area contributed by atoms with Crippen LogP contribution >= 0.6 is 11.8 Å². The smallest absolute Gasteiger partial charge is 0.188 e. The third-order valence-corrected chi connectivity index (χ3v) is 3.62. The van der Waals surface area contributed by atoms with Gasteiger partial charge < -0.3 is 5.11 Å². The lowest BCUT2D eigenvalue weighted by Crippen LogP contribution is -1.95. The molecular weight excluding hydrogens is 232 g/mol. The van der Waals surface area contributed by atoms with Gasteiger partial charge in [0.25, 0.3) is 0 Å². The minimum atomic E-state index is 0.220. The number of nitrogens with zero attached hydrogens (tertiary/aromatic N) is 2. The largest absolute Gasteiger partial charge is 0.504 e. The van der Waals surface area contributed by atoms with E-state index in [9.17, 15) is 5.11 Å². The Kier molecular flexibility index (Phi) is 6.34. The van der Waals surface area contributed by atoms with Crippen LogP contribution in [-0.2, 0) is 0 Å². The highest BCUT2D eigenvalue weighted by Gasteiger charge is 2.06. The molecule has 0 saturated carbocycles. The molecule has 0 radical (unpaired) electrons. The van der Waals surface area contributed by atoms with Gasteiger partial charge in [-0.05, 0) is 20.3 Å². The van der Waals surface area contributed by atoms with E-state index in [1.54, 1.807) is 11.8 Å². The Morgan fingerprint density at radius 1 is 1.00 bits per heavy atom. The van der Waals surface area contributed by atoms with Crippen LogP contribution in [0, 0.1) is 13.8 Å². The fourth-order valence-corrected chi connectivity index (χ4v) is 2.55. The summed E-state index contributed by atoms with van der Waals surface area (Å²) in [5, 5.41) is 10.4. The first-order valence-electron chi connectivity index (χ1n) is 6.32. The van der Waals surface area contributed by atoms with Crippen LogP contribution in [0.3, 0.4) is 0 Å². The van der Waals surface area contributed by atoms with Crippen molar-refractivity contribution >= 4 is 11.8 Å². The SMILES string of the molecule is CCCCCCCSc1nc(C)c(O)c(C)n1. The number of hydrogen-bond acceptors (Lipinski definition) is 4. The molecule has 0 bridgehead atoms. The van der Waals surface area contributed by atoms with Gasteiger partial charge in [-0.25, -0.2) is 9.97 Å². The second kappa shape index (κ2) is 7.54. The van der Waals surface area contributed by atoms with Gasteiger partial charge in [0.15, 0.2) is 10.9 Å². The van der Waals surface area contributed by atoms with E-state index in [0.717, 1.165) is 10.9 Å². The van der Waals surface area contributed by atoms with E-state index in [2.05, 4.69) is 16.9 Å². The number of aromatic nitrogens is 2. The van der Waals surface area contributed by atoms with E-state index >= 15 is 0 Å². The van der Waals surface area contributed by atoms with Crippen LogP contribution in [-0.4, -0.2) is 20.8 Å². The van der Waals surface area contributed by atoms with Crippen molar-refractivity contribution in [3.05, 3.63) is 11.4 Å². The summed E-state index contributed by atoms with van der Waals surface area (Å²) in [7, 11) is 0. The maximum Gasteiger partial charge on any atom is 0.188 e. The van der Waals surface area contributed by atoms with Crippen molar-refractivity contribution in [2.75, 3.05) is 5.75 Å². The molecule has 0 spiro atoms. The minimum Gasteiger partial charge on any atom is -0.504 e. The average molecular weight is 254 g/mol. The molecule has 0 aliphatic carbocycles. The molecular formula is C13H22N2OS. The van der Waals surface area contributed by atoms with Gasteiger partial charge in [-0.15, -0.1) is 0 Å². The zero-order valence-corrected chi connectivity index (χ0v) is 11.8. The maximum absolute atomic E-state index is 9.57. The summed E-state index contributed by atoms with van der Waals surface area (Å²) in [6, 6.07) is 0. The Balaban J connectivity index is 2.32. The summed E-state index contributed by atoms with van der Waals surface area (Å²) in [6.45, 7) is 5.86. The zero-order valence-electron chi connectivity index (χ0n) is 11.0. The summed E-state index contributed by atoms with van der Waals surface area (Å²) in [5.41, 5.74) is 1.34. The van der Waals surface area contributed by atoms with Gasteiger partial charge in [0, 0.05) is 5.75 Å². The molecule has 0 amide bonds. The van der Waals surface area contributed by atoms with E-state index in [1.807, 2.05) is 13.8 Å². The van der Waals surface area contributed by atoms with Gasteiger partial charge in [0.1, 0.15) is 0 Å². The number of thioether (sulfide) groups is 1. The number of rotatable bonds is 7. The van der Waals surface area contributed by atoms with Crippen molar-refractivity contribution in [2.45, 2.75) is 58.0 Å². The van der Waals surface area contributed by atoms with Crippen LogP contribution in [0.25, 0.3) is 0 Å². The van der Waals surface area contributed by atoms with E-state index in [0.29, 0.717) is 11.4 Å². The first kappa shape index (κ1) is 14.3. The highest BCUT2D eigenvalue weighted by Crippen LogP contribution is 2.22. The monoisotopic (exact) mass is 254 g/mol. The first-order chi connectivity index (χ1) is 8.15. The van der Waals surface area contributed by atoms with E-state index < -0.39 is 0 Å². The lowest BCUT2D eigenvalue weighted by atomic mass is 10.2. The highest BCUT2D eigenvalue weighted by atomic mass is 32.2. The highest BCUT2D eigenvalue weighted by molar-refractivity contribution is 7.99. The lowest BCUT2D eigenvalue weighted by molar-refractivity contribution is 0.456. The molecule has 4 heteroatoms. The summed E-state index contributed by atoms with van der Waals surface area (Å²) < 4.78 is 0. The molecule has 1 aromatic rings. The van der Waals surface area contributed by atoms with Gasteiger partial charge >= 0.3 is 0 Å². The van der Waals surface area contributed by atoms with Crippen molar-refractivity contribution in [1.82, 2.24) is 9.97 Å². The third-order valence-electron chi connectivity index (χ3n) is 2.69. The molecule has 96 valence electrons. The first-order valence-corrected chi connectivity index (χ1v) is 7.30. The van der Waals surface area contributed by atoms with E-state index in [-0.39, 0.29) is 5.75 Å². The summed E-state index contributed by atoms with van der Waals surface area (Å²) >= 11 is 1.68. The quantitative estimate of drug-likeness (QED) is 0.456. The van der Waals surface area contributed by atoms with Crippen LogP contribution in [0.5, 0.6) is 5.75 Å². The topological polar surface area (TPSA) is 46.0 Å². The average Bonchev–Trinajstić information content (AvgIpc) is 2.30. The number of hydrogen-bond donors (Lipinski definition) is 1. The van der Waals surface area contributed by atoms with Gasteiger partial charge in [-0.3, -0.25) is 0 Å². The molecule has 0 unspecified atom stereocenters. The van der Waals surface area contributed by atoms with Crippen molar-refractivity contribution in [1.29, 1.82) is 0 Å². The molecule has 1 N–H and O–H groups in total. The van der Waals surface area contributed by atoms with Crippen molar-refractivity contribution in [3.8, 4) is 5.75 Å². The predicted octanol–water partition coefficient (Wildman–Crippen LogP) is 3.86. The number of unbranched alkanes of at least 4 members (excludes halogenated alkanes) is 4. The molecule has 1 heterocycles. The van der Waals surface area contributed by atoms with Gasteiger partial charge in [-0.1, -0.05) is 44.4 Å². The van der Waals surface area contributed by atoms with E-state index in [4.69, 9.17) is 0 Å². The molecule has 0 aliphatic rings. The standard InChI is InChI=1S/C13H22N2OS/c1-4-5-6-7-8-9-17-13-14-10(2)12(16)11(3)15-13/h16H,4-9H2,1-3H3. The normalized spacial score (nSPS) is 10.8. The lowest BCUT2D eigenvalue weighted by Gasteiger charge is -2.05. The van der Waals surface area contributed by atoms with Crippen molar-refractivity contribution in [2.24, 2.45) is 0 Å². The number of aromatic hydroxyl groups is 1. The molecule has 0 atom stereocenters. The van der Waals surface area contributed by atoms with Crippen molar-refractivity contribution in [3.63, 3.8) is 0 Å². The van der Waals surface area contributed by atoms with Crippen LogP contribution in [0.4, 0.5) is 0 Å². The molecule has 3 nitrogen and oxygen atoms in total. The summed E-state index contributed by atoms with van der Waals surface area (Å²) in [6.07, 6.45) is 6.45. The Morgan fingerprint density at radius 3 is 2.18 bits per heavy atom. The summed E-state index contributed by atoms with van der Waals surface area (Å²) in [5.74, 6) is 1.28. The van der Waals surface area contributed by atoms with Crippen LogP contribution < -0.4 is 0 Å². The van der Waals surface area contributed by atoms with Gasteiger partial charge in [0.05, 0.1) is 11.4 Å². The fraction of sp³-hybridized carbons (Fsp3) is 0.692. The maximum atomic E-state index is 9.57. The summed E-state index contributed by atoms with van der Waals surface area (Å²) in [4.78, 5) is 8.54. The molecule has 0 aliphatic heterocycles. The predicted molar refractivity (Wildman–Crippen MR) is 72.7 cm³/mol. The van der Waals surface area contributed by atoms with Crippen molar-refractivity contribution < 1.29 is 5.11 Å². The number of aryl methyl sites for hydroxylation is 2. The Hall–Kier alpha value is -0.770. The van der Waals surface area contributed by atoms with Gasteiger partial charge in [-0.2, -0.15) is 0 Å². The minimum absolute atomic E-state index is 0.220.